The third-order valence-corrected chi connectivity index (χ3v) is 6.88. The highest BCUT2D eigenvalue weighted by molar-refractivity contribution is 7.50. The van der Waals surface area contributed by atoms with E-state index in [9.17, 15) is 33.3 Å². The molecule has 0 fully saturated rings. The van der Waals surface area contributed by atoms with E-state index in [1.54, 1.807) is 39.8 Å². The number of primary amides is 2. The molecule has 1 aromatic rings. The molecule has 0 aliphatic heterocycles. The van der Waals surface area contributed by atoms with Crippen LogP contribution in [0.1, 0.15) is 52.2 Å². The monoisotopic (exact) mass is 612 g/mol. The number of nitrogens with two attached hydrogens (primary N) is 2. The number of nitrogens with one attached hydrogen (secondary N) is 4. The first-order valence-corrected chi connectivity index (χ1v) is 15.0. The van der Waals surface area contributed by atoms with Gasteiger partial charge in [0, 0.05) is 13.3 Å². The summed E-state index contributed by atoms with van der Waals surface area (Å²) in [6.45, 7) is 7.75. The zero-order valence-electron chi connectivity index (χ0n) is 24.2. The first-order valence-electron chi connectivity index (χ1n) is 13.2. The fraction of sp³-hybridized carbons (Fsp3) is 0.538. The molecule has 0 aliphatic carbocycles. The highest BCUT2D eigenvalue weighted by Crippen LogP contribution is 2.38. The van der Waals surface area contributed by atoms with E-state index in [1.165, 1.54) is 19.1 Å². The Balaban J connectivity index is 3.12. The minimum Gasteiger partial charge on any atom is -0.370 e. The van der Waals surface area contributed by atoms with Crippen LogP contribution in [0, 0.1) is 11.8 Å². The van der Waals surface area contributed by atoms with Crippen LogP contribution in [0.5, 0.6) is 0 Å². The predicted molar refractivity (Wildman–Crippen MR) is 152 cm³/mol. The van der Waals surface area contributed by atoms with Crippen LogP contribution in [0.25, 0.3) is 0 Å². The molecule has 0 spiro atoms. The molecule has 234 valence electrons. The number of rotatable bonds is 16. The average molecular weight is 613 g/mol. The van der Waals surface area contributed by atoms with Crippen molar-refractivity contribution in [1.29, 1.82) is 0 Å². The second-order valence-corrected chi connectivity index (χ2v) is 12.3. The van der Waals surface area contributed by atoms with E-state index < -0.39 is 85.7 Å². The maximum atomic E-state index is 13.2. The maximum Gasteiger partial charge on any atom is 0.329 e. The van der Waals surface area contributed by atoms with Crippen molar-refractivity contribution in [1.82, 2.24) is 21.3 Å². The summed E-state index contributed by atoms with van der Waals surface area (Å²) >= 11 is 0. The molecule has 0 bridgehead atoms. The molecule has 0 saturated heterocycles. The van der Waals surface area contributed by atoms with Crippen LogP contribution in [-0.4, -0.2) is 69.4 Å². The molecule has 4 atom stereocenters. The number of amides is 6. The van der Waals surface area contributed by atoms with Crippen molar-refractivity contribution in [2.24, 2.45) is 23.3 Å². The van der Waals surface area contributed by atoms with Gasteiger partial charge in [0.05, 0.1) is 12.6 Å². The third kappa shape index (κ3) is 12.8. The van der Waals surface area contributed by atoms with Crippen LogP contribution in [0.2, 0.25) is 0 Å². The molecule has 6 amide bonds. The van der Waals surface area contributed by atoms with Crippen molar-refractivity contribution in [2.45, 2.75) is 77.8 Å². The minimum atomic E-state index is -4.27. The van der Waals surface area contributed by atoms with Gasteiger partial charge in [-0.1, -0.05) is 52.0 Å². The third-order valence-electron chi connectivity index (χ3n) is 6.10. The smallest absolute Gasteiger partial charge is 0.329 e. The Morgan fingerprint density at radius 1 is 0.738 bits per heavy atom. The van der Waals surface area contributed by atoms with E-state index in [1.807, 2.05) is 0 Å². The number of hydrogen-bond donors (Lipinski definition) is 8. The van der Waals surface area contributed by atoms with Crippen molar-refractivity contribution in [2.75, 3.05) is 0 Å². The van der Waals surface area contributed by atoms with Gasteiger partial charge in [-0.05, 0) is 23.0 Å². The number of hydrogen-bond acceptors (Lipinski definition) is 7. The van der Waals surface area contributed by atoms with E-state index in [2.05, 4.69) is 21.3 Å². The number of benzene rings is 1. The fourth-order valence-electron chi connectivity index (χ4n) is 3.99. The molecule has 10 N–H and O–H groups in total. The lowest BCUT2D eigenvalue weighted by molar-refractivity contribution is -0.136. The van der Waals surface area contributed by atoms with Gasteiger partial charge in [0.15, 0.2) is 0 Å². The summed E-state index contributed by atoms with van der Waals surface area (Å²) in [5, 5.41) is 9.89. The Kier molecular flexibility index (Phi) is 13.8. The average Bonchev–Trinajstić information content (AvgIpc) is 2.83. The summed E-state index contributed by atoms with van der Waals surface area (Å²) in [7, 11) is -4.27. The van der Waals surface area contributed by atoms with Gasteiger partial charge in [-0.3, -0.25) is 33.3 Å². The molecule has 0 aliphatic rings. The molecular weight excluding hydrogens is 571 g/mol. The van der Waals surface area contributed by atoms with Gasteiger partial charge in [-0.2, -0.15) is 0 Å². The van der Waals surface area contributed by atoms with E-state index in [0.29, 0.717) is 11.1 Å². The van der Waals surface area contributed by atoms with Gasteiger partial charge >= 0.3 is 7.60 Å². The molecule has 1 rings (SSSR count). The van der Waals surface area contributed by atoms with Gasteiger partial charge in [0.2, 0.25) is 35.4 Å². The number of carbonyl (C=O) groups excluding carboxylic acids is 6. The van der Waals surface area contributed by atoms with Crippen molar-refractivity contribution in [3.63, 3.8) is 0 Å². The zero-order valence-corrected chi connectivity index (χ0v) is 25.1. The van der Waals surface area contributed by atoms with Gasteiger partial charge in [-0.15, -0.1) is 0 Å². The lowest BCUT2D eigenvalue weighted by atomic mass is 9.99. The summed E-state index contributed by atoms with van der Waals surface area (Å²) in [5.41, 5.74) is 11.6. The van der Waals surface area contributed by atoms with E-state index in [4.69, 9.17) is 21.3 Å². The molecule has 0 aromatic heterocycles. The van der Waals surface area contributed by atoms with Crippen LogP contribution < -0.4 is 32.7 Å². The summed E-state index contributed by atoms with van der Waals surface area (Å²) in [4.78, 5) is 92.8. The Bertz CT molecular complexity index is 1200. The number of carbonyl (C=O) groups is 6. The standard InChI is InChI=1S/C26H41N6O9P/c1-13(2)21(23(28)35)31-25(37)19(11-20(27)34)30-26(38)22(14(3)4)32-24(36)18(29-15(5)33)10-16-6-8-17(9-7-16)12-42(39,40)41/h6-9,13-14,18-19,21-22H,10-12H2,1-5H3,(H2,27,34)(H2,28,35)(H,29,33)(H,30,38)(H,31,37)(H,32,36)(H2,39,40,41)/t18-,19-,21-,22-/m0/s1. The molecule has 42 heavy (non-hydrogen) atoms. The van der Waals surface area contributed by atoms with Crippen molar-refractivity contribution < 1.29 is 43.1 Å². The molecular formula is C26H41N6O9P. The van der Waals surface area contributed by atoms with E-state index in [0.717, 1.165) is 0 Å². The summed E-state index contributed by atoms with van der Waals surface area (Å²) < 4.78 is 11.2. The normalized spacial score (nSPS) is 14.3. The van der Waals surface area contributed by atoms with Gasteiger partial charge in [0.1, 0.15) is 24.2 Å². The zero-order chi connectivity index (χ0) is 32.4. The Morgan fingerprint density at radius 3 is 1.64 bits per heavy atom. The van der Waals surface area contributed by atoms with Crippen LogP contribution in [0.4, 0.5) is 0 Å². The molecule has 0 heterocycles. The molecule has 15 nitrogen and oxygen atoms in total. The molecule has 0 unspecified atom stereocenters. The summed E-state index contributed by atoms with van der Waals surface area (Å²) in [6.07, 6.45) is -1.06. The largest absolute Gasteiger partial charge is 0.370 e. The SMILES string of the molecule is CC(=O)N[C@@H](Cc1ccc(CP(=O)(O)O)cc1)C(=O)N[C@H](C(=O)N[C@@H](CC(N)=O)C(=O)N[C@H](C(N)=O)C(C)C)C(C)C. The van der Waals surface area contributed by atoms with Crippen molar-refractivity contribution in [3.8, 4) is 0 Å². The van der Waals surface area contributed by atoms with E-state index in [-0.39, 0.29) is 12.3 Å². The highest BCUT2D eigenvalue weighted by atomic mass is 31.2. The lowest BCUT2D eigenvalue weighted by Crippen LogP contribution is -2.60. The second-order valence-electron chi connectivity index (χ2n) is 10.7. The first-order chi connectivity index (χ1) is 19.3. The first kappa shape index (κ1) is 36.2. The molecule has 1 aromatic carbocycles. The van der Waals surface area contributed by atoms with E-state index >= 15 is 0 Å². The lowest BCUT2D eigenvalue weighted by Gasteiger charge is -2.28. The van der Waals surface area contributed by atoms with Crippen molar-refractivity contribution >= 4 is 43.0 Å². The summed E-state index contributed by atoms with van der Waals surface area (Å²) in [6, 6.07) is 1.23. The summed E-state index contributed by atoms with van der Waals surface area (Å²) in [5.74, 6) is -5.53. The second kappa shape index (κ2) is 16.0. The quantitative estimate of drug-likeness (QED) is 0.101. The van der Waals surface area contributed by atoms with Crippen LogP contribution in [0.3, 0.4) is 0 Å². The predicted octanol–water partition coefficient (Wildman–Crippen LogP) is -1.46. The highest BCUT2D eigenvalue weighted by Gasteiger charge is 2.33. The molecule has 16 heteroatoms. The van der Waals surface area contributed by atoms with Gasteiger partial charge in [-0.25, -0.2) is 0 Å². The fourth-order valence-corrected chi connectivity index (χ4v) is 4.68. The Hall–Kier alpha value is -3.81. The Morgan fingerprint density at radius 2 is 1.21 bits per heavy atom. The van der Waals surface area contributed by atoms with Gasteiger partial charge < -0.3 is 42.5 Å². The molecule has 0 saturated carbocycles. The van der Waals surface area contributed by atoms with Crippen LogP contribution >= 0.6 is 7.60 Å². The van der Waals surface area contributed by atoms with Crippen molar-refractivity contribution in [3.05, 3.63) is 35.4 Å². The minimum absolute atomic E-state index is 0.00947. The molecule has 0 radical (unpaired) electrons. The Labute approximate surface area is 244 Å². The van der Waals surface area contributed by atoms with Gasteiger partial charge in [0.25, 0.3) is 0 Å². The maximum absolute atomic E-state index is 13.2. The topological polar surface area (TPSA) is 260 Å². The van der Waals surface area contributed by atoms with Crippen LogP contribution in [-0.2, 0) is 45.9 Å². The van der Waals surface area contributed by atoms with Crippen LogP contribution in [0.15, 0.2) is 24.3 Å².